The van der Waals surface area contributed by atoms with E-state index in [4.69, 9.17) is 9.90 Å². The Morgan fingerprint density at radius 1 is 1.03 bits per heavy atom. The van der Waals surface area contributed by atoms with Crippen molar-refractivity contribution in [3.05, 3.63) is 72.6 Å². The van der Waals surface area contributed by atoms with E-state index in [2.05, 4.69) is 14.4 Å². The first-order valence-corrected chi connectivity index (χ1v) is 10.6. The summed E-state index contributed by atoms with van der Waals surface area (Å²) in [5.74, 6) is -3.86. The maximum atomic E-state index is 12.7. The molecule has 0 aliphatic heterocycles. The summed E-state index contributed by atoms with van der Waals surface area (Å²) in [6.45, 7) is 0. The number of sulfonamides is 1. The highest BCUT2D eigenvalue weighted by Crippen LogP contribution is 2.26. The van der Waals surface area contributed by atoms with Gasteiger partial charge in [0, 0.05) is 24.0 Å². The second kappa shape index (κ2) is 10.7. The smallest absolute Gasteiger partial charge is 0.490 e. The fraction of sp³-hybridized carbons (Fsp3) is 0.0952. The standard InChI is InChI=1S/C19H16N2O5S.C2HF3O2/c1-26-19(23)17-8-7-15(11-18(17)22)21-27(24,25)16-6-2-4-13(10-16)14-5-3-9-20-12-14;3-2(4,5)1(6)7/h2-12,21-22H,1H3;(H,6,7). The molecule has 34 heavy (non-hydrogen) atoms. The number of aliphatic carboxylic acids is 1. The zero-order chi connectivity index (χ0) is 25.5. The Bertz CT molecular complexity index is 1280. The van der Waals surface area contributed by atoms with E-state index in [0.717, 1.165) is 11.6 Å². The summed E-state index contributed by atoms with van der Waals surface area (Å²) in [6.07, 6.45) is -1.81. The van der Waals surface area contributed by atoms with Crippen molar-refractivity contribution in [1.29, 1.82) is 0 Å². The molecule has 0 unspecified atom stereocenters. The third-order valence-electron chi connectivity index (χ3n) is 4.04. The third-order valence-corrected chi connectivity index (χ3v) is 5.42. The van der Waals surface area contributed by atoms with E-state index in [1.165, 1.54) is 31.4 Å². The van der Waals surface area contributed by atoms with E-state index in [1.807, 2.05) is 6.07 Å². The van der Waals surface area contributed by atoms with E-state index in [0.29, 0.717) is 5.56 Å². The van der Waals surface area contributed by atoms with Crippen LogP contribution in [0.25, 0.3) is 11.1 Å². The van der Waals surface area contributed by atoms with Crippen LogP contribution in [-0.4, -0.2) is 48.8 Å². The van der Waals surface area contributed by atoms with Gasteiger partial charge in [0.2, 0.25) is 0 Å². The van der Waals surface area contributed by atoms with Crippen LogP contribution < -0.4 is 4.72 Å². The number of carbonyl (C=O) groups is 2. The number of nitrogens with one attached hydrogen (secondary N) is 1. The molecule has 180 valence electrons. The lowest BCUT2D eigenvalue weighted by atomic mass is 10.1. The van der Waals surface area contributed by atoms with Gasteiger partial charge in [0.15, 0.2) is 0 Å². The van der Waals surface area contributed by atoms with Crippen molar-refractivity contribution in [2.45, 2.75) is 11.1 Å². The fourth-order valence-electron chi connectivity index (χ4n) is 2.47. The number of hydrogen-bond acceptors (Lipinski definition) is 7. The third kappa shape index (κ3) is 6.93. The number of nitrogens with zero attached hydrogens (tertiary/aromatic N) is 1. The number of phenols is 1. The number of carbonyl (C=O) groups excluding carboxylic acids is 1. The Morgan fingerprint density at radius 3 is 2.21 bits per heavy atom. The molecule has 0 aliphatic rings. The van der Waals surface area contributed by atoms with Gasteiger partial charge >= 0.3 is 18.1 Å². The minimum atomic E-state index is -5.08. The number of pyridine rings is 1. The summed E-state index contributed by atoms with van der Waals surface area (Å²) < 4.78 is 64.0. The SMILES string of the molecule is COC(=O)c1ccc(NS(=O)(=O)c2cccc(-c3cccnc3)c2)cc1O.O=C(O)C(F)(F)F. The molecule has 3 aromatic rings. The van der Waals surface area contributed by atoms with E-state index in [9.17, 15) is 31.5 Å². The number of ether oxygens (including phenoxy) is 1. The summed E-state index contributed by atoms with van der Waals surface area (Å²) in [7, 11) is -2.71. The van der Waals surface area contributed by atoms with Crippen LogP contribution in [0.2, 0.25) is 0 Å². The number of phenolic OH excluding ortho intramolecular Hbond substituents is 1. The molecule has 0 saturated heterocycles. The lowest BCUT2D eigenvalue weighted by Gasteiger charge is -2.11. The van der Waals surface area contributed by atoms with Crippen molar-refractivity contribution in [1.82, 2.24) is 4.98 Å². The second-order valence-electron chi connectivity index (χ2n) is 6.40. The zero-order valence-corrected chi connectivity index (χ0v) is 18.1. The number of carboxylic acid groups (broad SMARTS) is 1. The highest BCUT2D eigenvalue weighted by molar-refractivity contribution is 7.92. The predicted molar refractivity (Wildman–Crippen MR) is 114 cm³/mol. The average molecular weight is 498 g/mol. The van der Waals surface area contributed by atoms with Gasteiger partial charge in [-0.3, -0.25) is 9.71 Å². The van der Waals surface area contributed by atoms with E-state index >= 15 is 0 Å². The Balaban J connectivity index is 0.000000509. The number of benzene rings is 2. The maximum Gasteiger partial charge on any atom is 0.490 e. The monoisotopic (exact) mass is 498 g/mol. The van der Waals surface area contributed by atoms with Crippen LogP contribution in [-0.2, 0) is 19.6 Å². The summed E-state index contributed by atoms with van der Waals surface area (Å²) >= 11 is 0. The minimum Gasteiger partial charge on any atom is -0.507 e. The first kappa shape index (κ1) is 26.1. The van der Waals surface area contributed by atoms with E-state index < -0.39 is 28.1 Å². The van der Waals surface area contributed by atoms with Gasteiger partial charge in [-0.25, -0.2) is 18.0 Å². The van der Waals surface area contributed by atoms with Crippen LogP contribution >= 0.6 is 0 Å². The molecule has 0 spiro atoms. The highest BCUT2D eigenvalue weighted by Gasteiger charge is 2.38. The van der Waals surface area contributed by atoms with Crippen LogP contribution in [0, 0.1) is 0 Å². The number of esters is 1. The molecular formula is C21H17F3N2O7S. The molecule has 0 radical (unpaired) electrons. The van der Waals surface area contributed by atoms with Gasteiger partial charge in [-0.15, -0.1) is 0 Å². The molecule has 3 N–H and O–H groups in total. The molecule has 0 bridgehead atoms. The number of aromatic nitrogens is 1. The Hall–Kier alpha value is -4.13. The Morgan fingerprint density at radius 2 is 1.68 bits per heavy atom. The molecule has 0 saturated carbocycles. The first-order chi connectivity index (χ1) is 15.8. The van der Waals surface area contributed by atoms with E-state index in [1.54, 1.807) is 30.6 Å². The molecule has 0 aliphatic carbocycles. The molecule has 0 fully saturated rings. The molecule has 0 amide bonds. The topological polar surface area (TPSA) is 143 Å². The zero-order valence-electron chi connectivity index (χ0n) is 17.3. The molecule has 1 heterocycles. The molecule has 1 aromatic heterocycles. The number of hydrogen-bond donors (Lipinski definition) is 3. The number of rotatable bonds is 5. The Kier molecular flexibility index (Phi) is 8.19. The van der Waals surface area contributed by atoms with Gasteiger partial charge in [0.1, 0.15) is 11.3 Å². The highest BCUT2D eigenvalue weighted by atomic mass is 32.2. The summed E-state index contributed by atoms with van der Waals surface area (Å²) in [5, 5.41) is 17.0. The molecule has 9 nitrogen and oxygen atoms in total. The van der Waals surface area contributed by atoms with Gasteiger partial charge < -0.3 is 14.9 Å². The number of alkyl halides is 3. The molecule has 2 aromatic carbocycles. The number of carboxylic acids is 1. The number of methoxy groups -OCH3 is 1. The first-order valence-electron chi connectivity index (χ1n) is 9.10. The van der Waals surface area contributed by atoms with Crippen LogP contribution in [0.15, 0.2) is 71.9 Å². The largest absolute Gasteiger partial charge is 0.507 e. The van der Waals surface area contributed by atoms with Crippen molar-refractivity contribution >= 4 is 27.6 Å². The minimum absolute atomic E-state index is 0.0559. The summed E-state index contributed by atoms with van der Waals surface area (Å²) in [4.78, 5) is 24.5. The van der Waals surface area contributed by atoms with Crippen molar-refractivity contribution in [2.24, 2.45) is 0 Å². The van der Waals surface area contributed by atoms with E-state index in [-0.39, 0.29) is 21.9 Å². The molecule has 3 rings (SSSR count). The molecule has 13 heteroatoms. The van der Waals surface area contributed by atoms with Crippen molar-refractivity contribution in [3.63, 3.8) is 0 Å². The normalized spacial score (nSPS) is 11.1. The second-order valence-corrected chi connectivity index (χ2v) is 8.08. The summed E-state index contributed by atoms with van der Waals surface area (Å²) in [6, 6.07) is 13.8. The van der Waals surface area contributed by atoms with Gasteiger partial charge in [-0.05, 0) is 35.9 Å². The van der Waals surface area contributed by atoms with Crippen molar-refractivity contribution in [2.75, 3.05) is 11.8 Å². The summed E-state index contributed by atoms with van der Waals surface area (Å²) in [5.41, 5.74) is 1.55. The molecular weight excluding hydrogens is 481 g/mol. The maximum absolute atomic E-state index is 12.7. The van der Waals surface area contributed by atoms with Gasteiger partial charge in [-0.2, -0.15) is 13.2 Å². The lowest BCUT2D eigenvalue weighted by molar-refractivity contribution is -0.192. The fourth-order valence-corrected chi connectivity index (χ4v) is 3.56. The lowest BCUT2D eigenvalue weighted by Crippen LogP contribution is -2.21. The van der Waals surface area contributed by atoms with Crippen molar-refractivity contribution in [3.8, 4) is 16.9 Å². The van der Waals surface area contributed by atoms with Gasteiger partial charge in [-0.1, -0.05) is 18.2 Å². The van der Waals surface area contributed by atoms with Crippen LogP contribution in [0.3, 0.4) is 0 Å². The van der Waals surface area contributed by atoms with Crippen LogP contribution in [0.5, 0.6) is 5.75 Å². The molecule has 0 atom stereocenters. The number of aromatic hydroxyl groups is 1. The van der Waals surface area contributed by atoms with Crippen LogP contribution in [0.1, 0.15) is 10.4 Å². The Labute approximate surface area is 191 Å². The quantitative estimate of drug-likeness (QED) is 0.452. The van der Waals surface area contributed by atoms with Gasteiger partial charge in [0.05, 0.1) is 17.7 Å². The van der Waals surface area contributed by atoms with Crippen LogP contribution in [0.4, 0.5) is 18.9 Å². The number of halogens is 3. The average Bonchev–Trinajstić information content (AvgIpc) is 2.79. The van der Waals surface area contributed by atoms with Crippen molar-refractivity contribution < 1.29 is 46.1 Å². The van der Waals surface area contributed by atoms with Gasteiger partial charge in [0.25, 0.3) is 10.0 Å². The predicted octanol–water partition coefficient (Wildman–Crippen LogP) is 3.67. The number of anilines is 1.